The monoisotopic (exact) mass is 258 g/mol. The van der Waals surface area contributed by atoms with Crippen molar-refractivity contribution in [1.82, 2.24) is 0 Å². The summed E-state index contributed by atoms with van der Waals surface area (Å²) in [4.78, 5) is 0. The van der Waals surface area contributed by atoms with E-state index in [0.29, 0.717) is 11.8 Å². The van der Waals surface area contributed by atoms with Crippen molar-refractivity contribution in [1.29, 1.82) is 0 Å². The zero-order chi connectivity index (χ0) is 12.0. The van der Waals surface area contributed by atoms with Gasteiger partial charge in [0.15, 0.2) is 0 Å². The molecule has 0 bridgehead atoms. The summed E-state index contributed by atoms with van der Waals surface area (Å²) in [6.07, 6.45) is 0. The molecule has 3 nitrogen and oxygen atoms in total. The molecule has 0 amide bonds. The molecular weight excluding hydrogens is 240 g/mol. The van der Waals surface area contributed by atoms with Gasteiger partial charge in [-0.15, -0.1) is 0 Å². The van der Waals surface area contributed by atoms with Crippen LogP contribution >= 0.6 is 12.6 Å². The van der Waals surface area contributed by atoms with Crippen LogP contribution < -0.4 is 0 Å². The second-order valence-corrected chi connectivity index (χ2v) is 6.66. The van der Waals surface area contributed by atoms with Gasteiger partial charge in [0.25, 0.3) is 0 Å². The van der Waals surface area contributed by atoms with Crippen LogP contribution in [0.5, 0.6) is 0 Å². The van der Waals surface area contributed by atoms with E-state index in [-0.39, 0.29) is 0 Å². The summed E-state index contributed by atoms with van der Waals surface area (Å²) in [6, 6.07) is 8.80. The first-order valence-electron chi connectivity index (χ1n) is 5.04. The van der Waals surface area contributed by atoms with Crippen molar-refractivity contribution in [3.8, 4) is 0 Å². The van der Waals surface area contributed by atoms with E-state index in [4.69, 9.17) is 13.3 Å². The first kappa shape index (κ1) is 13.7. The highest BCUT2D eigenvalue weighted by Gasteiger charge is 2.38. The van der Waals surface area contributed by atoms with Gasteiger partial charge in [-0.25, -0.2) is 0 Å². The van der Waals surface area contributed by atoms with Gasteiger partial charge in [-0.1, -0.05) is 24.3 Å². The highest BCUT2D eigenvalue weighted by molar-refractivity contribution is 7.79. The van der Waals surface area contributed by atoms with Gasteiger partial charge >= 0.3 is 8.80 Å². The molecule has 1 rings (SSSR count). The molecular formula is C11H18O3SSi. The van der Waals surface area contributed by atoms with E-state index in [1.807, 2.05) is 12.1 Å². The van der Waals surface area contributed by atoms with Crippen molar-refractivity contribution in [3.63, 3.8) is 0 Å². The van der Waals surface area contributed by atoms with Crippen molar-refractivity contribution in [3.05, 3.63) is 35.4 Å². The minimum Gasteiger partial charge on any atom is -0.377 e. The minimum absolute atomic E-state index is 0.674. The molecule has 0 saturated heterocycles. The molecule has 0 aromatic heterocycles. The van der Waals surface area contributed by atoms with Gasteiger partial charge in [0.1, 0.15) is 0 Å². The predicted molar refractivity (Wildman–Crippen MR) is 69.6 cm³/mol. The summed E-state index contributed by atoms with van der Waals surface area (Å²) in [5.41, 5.74) is 2.36. The number of rotatable bonds is 6. The van der Waals surface area contributed by atoms with Gasteiger partial charge < -0.3 is 13.3 Å². The van der Waals surface area contributed by atoms with Crippen molar-refractivity contribution < 1.29 is 13.3 Å². The lowest BCUT2D eigenvalue weighted by Gasteiger charge is -2.25. The SMILES string of the molecule is CO[Si](Cc1ccccc1CS)(OC)OC. The number of hydrogen-bond acceptors (Lipinski definition) is 4. The van der Waals surface area contributed by atoms with Gasteiger partial charge in [0.05, 0.1) is 0 Å². The van der Waals surface area contributed by atoms with Crippen LogP contribution in [0.2, 0.25) is 0 Å². The lowest BCUT2D eigenvalue weighted by molar-refractivity contribution is 0.122. The maximum atomic E-state index is 5.41. The maximum Gasteiger partial charge on any atom is 0.504 e. The van der Waals surface area contributed by atoms with Crippen LogP contribution in [-0.2, 0) is 25.1 Å². The fourth-order valence-corrected chi connectivity index (χ4v) is 3.64. The standard InChI is InChI=1S/C11H18O3SSi/c1-12-16(13-2,14-3)9-11-7-5-4-6-10(11)8-15/h4-7,15H,8-9H2,1-3H3. The molecule has 1 aromatic carbocycles. The number of benzene rings is 1. The Hall–Kier alpha value is -0.333. The largest absolute Gasteiger partial charge is 0.504 e. The molecule has 0 aliphatic carbocycles. The molecule has 0 radical (unpaired) electrons. The van der Waals surface area contributed by atoms with E-state index in [0.717, 1.165) is 0 Å². The van der Waals surface area contributed by atoms with Gasteiger partial charge in [-0.3, -0.25) is 0 Å². The van der Waals surface area contributed by atoms with Crippen molar-refractivity contribution in [2.75, 3.05) is 21.3 Å². The highest BCUT2D eigenvalue weighted by atomic mass is 32.1. The third-order valence-electron chi connectivity index (χ3n) is 2.63. The molecule has 90 valence electrons. The second-order valence-electron chi connectivity index (χ2n) is 3.40. The molecule has 0 spiro atoms. The quantitative estimate of drug-likeness (QED) is 0.625. The Bertz CT molecular complexity index is 320. The Balaban J connectivity index is 2.93. The second kappa shape index (κ2) is 6.41. The zero-order valence-corrected chi connectivity index (χ0v) is 11.8. The first-order valence-corrected chi connectivity index (χ1v) is 7.61. The molecule has 1 aromatic rings. The van der Waals surface area contributed by atoms with Crippen molar-refractivity contribution in [2.24, 2.45) is 0 Å². The van der Waals surface area contributed by atoms with Crippen LogP contribution in [0.15, 0.2) is 24.3 Å². The summed E-state index contributed by atoms with van der Waals surface area (Å²) >= 11 is 4.31. The third-order valence-corrected chi connectivity index (χ3v) is 5.65. The summed E-state index contributed by atoms with van der Waals surface area (Å²) in [5, 5.41) is 0. The maximum absolute atomic E-state index is 5.41. The summed E-state index contributed by atoms with van der Waals surface area (Å²) < 4.78 is 16.2. The highest BCUT2D eigenvalue weighted by Crippen LogP contribution is 2.19. The van der Waals surface area contributed by atoms with Crippen molar-refractivity contribution >= 4 is 21.4 Å². The number of hydrogen-bond donors (Lipinski definition) is 1. The third kappa shape index (κ3) is 3.08. The van der Waals surface area contributed by atoms with Crippen LogP contribution in [0, 0.1) is 0 Å². The Morgan fingerprint density at radius 2 is 1.50 bits per heavy atom. The number of thiol groups is 1. The van der Waals surface area contributed by atoms with Crippen LogP contribution in [0.4, 0.5) is 0 Å². The molecule has 0 saturated carbocycles. The van der Waals surface area contributed by atoms with E-state index >= 15 is 0 Å². The fourth-order valence-electron chi connectivity index (χ4n) is 1.58. The van der Waals surface area contributed by atoms with E-state index in [1.54, 1.807) is 21.3 Å². The van der Waals surface area contributed by atoms with Crippen LogP contribution in [0.25, 0.3) is 0 Å². The zero-order valence-electron chi connectivity index (χ0n) is 9.90. The first-order chi connectivity index (χ1) is 7.71. The van der Waals surface area contributed by atoms with E-state index in [9.17, 15) is 0 Å². The summed E-state index contributed by atoms with van der Waals surface area (Å²) in [7, 11) is 2.34. The summed E-state index contributed by atoms with van der Waals surface area (Å²) in [6.45, 7) is 0. The Morgan fingerprint density at radius 1 is 1.00 bits per heavy atom. The smallest absolute Gasteiger partial charge is 0.377 e. The van der Waals surface area contributed by atoms with Crippen LogP contribution in [-0.4, -0.2) is 30.1 Å². The van der Waals surface area contributed by atoms with Crippen LogP contribution in [0.3, 0.4) is 0 Å². The molecule has 0 fully saturated rings. The van der Waals surface area contributed by atoms with Gasteiger partial charge in [0, 0.05) is 33.1 Å². The molecule has 0 atom stereocenters. The molecule has 16 heavy (non-hydrogen) atoms. The average Bonchev–Trinajstić information content (AvgIpc) is 2.36. The van der Waals surface area contributed by atoms with Crippen molar-refractivity contribution in [2.45, 2.75) is 11.8 Å². The fraction of sp³-hybridized carbons (Fsp3) is 0.455. The molecule has 0 heterocycles. The Labute approximate surface area is 104 Å². The Morgan fingerprint density at radius 3 is 1.94 bits per heavy atom. The molecule has 5 heteroatoms. The molecule has 0 N–H and O–H groups in total. The Kier molecular flexibility index (Phi) is 5.50. The van der Waals surface area contributed by atoms with Gasteiger partial charge in [-0.2, -0.15) is 12.6 Å². The molecule has 0 aliphatic heterocycles. The topological polar surface area (TPSA) is 27.7 Å². The normalized spacial score (nSPS) is 11.8. The average molecular weight is 258 g/mol. The minimum atomic E-state index is -2.54. The van der Waals surface area contributed by atoms with E-state index in [1.165, 1.54) is 11.1 Å². The molecule has 0 unspecified atom stereocenters. The summed E-state index contributed by atoms with van der Waals surface area (Å²) in [5.74, 6) is 0.706. The van der Waals surface area contributed by atoms with E-state index < -0.39 is 8.80 Å². The van der Waals surface area contributed by atoms with Gasteiger partial charge in [-0.05, 0) is 11.1 Å². The van der Waals surface area contributed by atoms with E-state index in [2.05, 4.69) is 24.8 Å². The van der Waals surface area contributed by atoms with Gasteiger partial charge in [0.2, 0.25) is 0 Å². The lowest BCUT2D eigenvalue weighted by Crippen LogP contribution is -2.45. The lowest BCUT2D eigenvalue weighted by atomic mass is 10.1. The molecule has 0 aliphatic rings. The van der Waals surface area contributed by atoms with Crippen LogP contribution in [0.1, 0.15) is 11.1 Å². The predicted octanol–water partition coefficient (Wildman–Crippen LogP) is 2.08.